The molecule has 1 aromatic heterocycles. The molecule has 2 aromatic rings. The number of nitrogens with one attached hydrogen (secondary N) is 1. The maximum absolute atomic E-state index is 12.5. The van der Waals surface area contributed by atoms with E-state index < -0.39 is 17.6 Å². The zero-order chi connectivity index (χ0) is 21.9. The van der Waals surface area contributed by atoms with Crippen molar-refractivity contribution < 1.29 is 24.6 Å². The highest BCUT2D eigenvalue weighted by atomic mass is 32.1. The molecule has 11 heteroatoms. The van der Waals surface area contributed by atoms with Crippen molar-refractivity contribution in [3.8, 4) is 0 Å². The second-order valence-electron chi connectivity index (χ2n) is 7.22. The molecule has 10 nitrogen and oxygen atoms in total. The highest BCUT2D eigenvalue weighted by molar-refractivity contribution is 7.13. The summed E-state index contributed by atoms with van der Waals surface area (Å²) in [5.74, 6) is -1.26. The summed E-state index contributed by atoms with van der Waals surface area (Å²) in [7, 11) is 0. The number of carbonyl (C=O) groups is 2. The van der Waals surface area contributed by atoms with Crippen molar-refractivity contribution in [1.82, 2.24) is 10.3 Å². The Morgan fingerprint density at radius 2 is 2.13 bits per heavy atom. The van der Waals surface area contributed by atoms with Crippen LogP contribution in [0.3, 0.4) is 0 Å². The molecular weight excluding hydrogens is 410 g/mol. The lowest BCUT2D eigenvalue weighted by molar-refractivity contribution is -0.161. The van der Waals surface area contributed by atoms with Crippen LogP contribution in [-0.4, -0.2) is 57.5 Å². The standard InChI is InChI=1S/C19H23N5O5S/c1-19(2,17(27)28)29-23-13(15-10-30-18(20)22-15)7-21-14-8-24(16(14)26)12-5-3-11(9-25)4-6-12/h3-6,10,14,21,25H,7-9H2,1-2H3,(H2,20,22)(H,27,28)/b23-13+/t14-/m0/s1. The van der Waals surface area contributed by atoms with E-state index >= 15 is 0 Å². The smallest absolute Gasteiger partial charge is 0.350 e. The molecular formula is C19H23N5O5S. The van der Waals surface area contributed by atoms with Crippen molar-refractivity contribution >= 4 is 39.7 Å². The van der Waals surface area contributed by atoms with Gasteiger partial charge in [-0.3, -0.25) is 10.1 Å². The molecule has 1 aliphatic rings. The highest BCUT2D eigenvalue weighted by Crippen LogP contribution is 2.23. The lowest BCUT2D eigenvalue weighted by Crippen LogP contribution is -2.63. The SMILES string of the molecule is CC(C)(O/N=C(\CN[C@H]1CN(c2ccc(CO)cc2)C1=O)c1csc(N)n1)C(=O)O. The van der Waals surface area contributed by atoms with Crippen LogP contribution < -0.4 is 16.0 Å². The number of amides is 1. The predicted octanol–water partition coefficient (Wildman–Crippen LogP) is 0.806. The summed E-state index contributed by atoms with van der Waals surface area (Å²) in [6.45, 7) is 3.32. The Labute approximate surface area is 177 Å². The minimum Gasteiger partial charge on any atom is -0.478 e. The fraction of sp³-hybridized carbons (Fsp3) is 0.368. The van der Waals surface area contributed by atoms with E-state index in [0.29, 0.717) is 23.1 Å². The summed E-state index contributed by atoms with van der Waals surface area (Å²) in [5, 5.41) is 27.4. The number of aromatic nitrogens is 1. The second-order valence-corrected chi connectivity index (χ2v) is 8.11. The van der Waals surface area contributed by atoms with E-state index in [1.165, 1.54) is 25.2 Å². The van der Waals surface area contributed by atoms with Crippen molar-refractivity contribution in [3.63, 3.8) is 0 Å². The minimum absolute atomic E-state index is 0.0532. The largest absolute Gasteiger partial charge is 0.478 e. The topological polar surface area (TPSA) is 150 Å². The Hall–Kier alpha value is -3.02. The quantitative estimate of drug-likeness (QED) is 0.258. The van der Waals surface area contributed by atoms with Gasteiger partial charge in [0, 0.05) is 17.6 Å². The maximum atomic E-state index is 12.5. The third-order valence-corrected chi connectivity index (χ3v) is 5.27. The number of rotatable bonds is 9. The van der Waals surface area contributed by atoms with Crippen LogP contribution in [0.25, 0.3) is 0 Å². The Bertz CT molecular complexity index is 956. The Kier molecular flexibility index (Phi) is 6.34. The van der Waals surface area contributed by atoms with E-state index in [-0.39, 0.29) is 19.1 Å². The molecule has 5 N–H and O–H groups in total. The monoisotopic (exact) mass is 433 g/mol. The zero-order valence-electron chi connectivity index (χ0n) is 16.5. The van der Waals surface area contributed by atoms with Crippen molar-refractivity contribution in [2.45, 2.75) is 32.1 Å². The molecule has 3 rings (SSSR count). The number of oxime groups is 1. The molecule has 1 saturated heterocycles. The molecule has 0 saturated carbocycles. The van der Waals surface area contributed by atoms with E-state index in [2.05, 4.69) is 15.5 Å². The number of carbonyl (C=O) groups excluding carboxylic acids is 1. The summed E-state index contributed by atoms with van der Waals surface area (Å²) in [6.07, 6.45) is 0. The van der Waals surface area contributed by atoms with Crippen molar-refractivity contribution in [2.75, 3.05) is 23.7 Å². The number of nitrogens with zero attached hydrogens (tertiary/aromatic N) is 3. The number of benzene rings is 1. The zero-order valence-corrected chi connectivity index (χ0v) is 17.3. The van der Waals surface area contributed by atoms with Crippen LogP contribution in [-0.2, 0) is 21.0 Å². The van der Waals surface area contributed by atoms with Crippen LogP contribution in [0.1, 0.15) is 25.1 Å². The van der Waals surface area contributed by atoms with Crippen LogP contribution in [0.2, 0.25) is 0 Å². The molecule has 1 fully saturated rings. The van der Waals surface area contributed by atoms with Gasteiger partial charge in [-0.1, -0.05) is 17.3 Å². The van der Waals surface area contributed by atoms with E-state index in [4.69, 9.17) is 15.7 Å². The van der Waals surface area contributed by atoms with Crippen LogP contribution in [0.4, 0.5) is 10.8 Å². The number of carboxylic acid groups (broad SMARTS) is 1. The number of β-lactam (4-membered cyclic amide) rings is 1. The van der Waals surface area contributed by atoms with Crippen LogP contribution in [0.5, 0.6) is 0 Å². The second kappa shape index (κ2) is 8.78. The van der Waals surface area contributed by atoms with Crippen molar-refractivity contribution in [2.24, 2.45) is 5.16 Å². The van der Waals surface area contributed by atoms with Gasteiger partial charge < -0.3 is 25.7 Å². The van der Waals surface area contributed by atoms with E-state index in [0.717, 1.165) is 11.3 Å². The number of anilines is 2. The molecule has 0 bridgehead atoms. The first kappa shape index (κ1) is 21.7. The lowest BCUT2D eigenvalue weighted by atomic mass is 10.1. The maximum Gasteiger partial charge on any atom is 0.350 e. The molecule has 0 unspecified atom stereocenters. The van der Waals surface area contributed by atoms with Crippen molar-refractivity contribution in [1.29, 1.82) is 0 Å². The van der Waals surface area contributed by atoms with Crippen LogP contribution >= 0.6 is 11.3 Å². The summed E-state index contributed by atoms with van der Waals surface area (Å²) in [4.78, 5) is 34.7. The Balaban J connectivity index is 1.64. The molecule has 0 aliphatic carbocycles. The third-order valence-electron chi connectivity index (χ3n) is 4.59. The summed E-state index contributed by atoms with van der Waals surface area (Å²) in [5.41, 5.74) is 6.49. The number of aliphatic hydroxyl groups is 1. The molecule has 1 aliphatic heterocycles. The number of aliphatic hydroxyl groups excluding tert-OH is 1. The minimum atomic E-state index is -1.52. The fourth-order valence-corrected chi connectivity index (χ4v) is 3.18. The molecule has 30 heavy (non-hydrogen) atoms. The fourth-order valence-electron chi connectivity index (χ4n) is 2.61. The average molecular weight is 433 g/mol. The van der Waals surface area contributed by atoms with Gasteiger partial charge in [-0.15, -0.1) is 11.3 Å². The molecule has 2 heterocycles. The molecule has 1 atom stereocenters. The van der Waals surface area contributed by atoms with Gasteiger partial charge in [0.25, 0.3) is 0 Å². The molecule has 1 aromatic carbocycles. The Morgan fingerprint density at radius 1 is 1.43 bits per heavy atom. The van der Waals surface area contributed by atoms with E-state index in [1.807, 2.05) is 0 Å². The molecule has 0 spiro atoms. The highest BCUT2D eigenvalue weighted by Gasteiger charge is 2.37. The van der Waals surface area contributed by atoms with Gasteiger partial charge >= 0.3 is 5.97 Å². The Morgan fingerprint density at radius 3 is 2.67 bits per heavy atom. The lowest BCUT2D eigenvalue weighted by Gasteiger charge is -2.39. The normalized spacial score (nSPS) is 17.0. The van der Waals surface area contributed by atoms with Gasteiger partial charge in [-0.2, -0.15) is 0 Å². The molecule has 1 amide bonds. The van der Waals surface area contributed by atoms with Gasteiger partial charge in [0.05, 0.1) is 13.2 Å². The number of nitrogen functional groups attached to an aromatic ring is 1. The first-order chi connectivity index (χ1) is 14.2. The van der Waals surface area contributed by atoms with Gasteiger partial charge in [0.15, 0.2) is 5.13 Å². The molecule has 0 radical (unpaired) electrons. The number of carboxylic acids is 1. The van der Waals surface area contributed by atoms with Crippen molar-refractivity contribution in [3.05, 3.63) is 40.9 Å². The van der Waals surface area contributed by atoms with Gasteiger partial charge in [-0.25, -0.2) is 9.78 Å². The molecule has 160 valence electrons. The summed E-state index contributed by atoms with van der Waals surface area (Å²) in [6, 6.07) is 6.68. The van der Waals surface area contributed by atoms with Crippen LogP contribution in [0, 0.1) is 0 Å². The number of thiazole rings is 1. The summed E-state index contributed by atoms with van der Waals surface area (Å²) < 4.78 is 0. The number of nitrogens with two attached hydrogens (primary N) is 1. The third kappa shape index (κ3) is 4.75. The van der Waals surface area contributed by atoms with Gasteiger partial charge in [0.2, 0.25) is 11.5 Å². The predicted molar refractivity (Wildman–Crippen MR) is 112 cm³/mol. The number of aliphatic carboxylic acids is 1. The summed E-state index contributed by atoms with van der Waals surface area (Å²) >= 11 is 1.22. The van der Waals surface area contributed by atoms with Gasteiger partial charge in [-0.05, 0) is 31.5 Å². The first-order valence-corrected chi connectivity index (χ1v) is 10.0. The number of hydrogen-bond acceptors (Lipinski definition) is 9. The average Bonchev–Trinajstić information content (AvgIpc) is 3.15. The van der Waals surface area contributed by atoms with E-state index in [9.17, 15) is 14.7 Å². The first-order valence-electron chi connectivity index (χ1n) is 9.15. The number of hydrogen-bond donors (Lipinski definition) is 4. The van der Waals surface area contributed by atoms with Gasteiger partial charge in [0.1, 0.15) is 17.4 Å². The van der Waals surface area contributed by atoms with E-state index in [1.54, 1.807) is 34.5 Å². The van der Waals surface area contributed by atoms with Crippen LogP contribution in [0.15, 0.2) is 34.8 Å².